The molecule has 0 atom stereocenters. The first-order valence-corrected chi connectivity index (χ1v) is 4.23. The summed E-state index contributed by atoms with van der Waals surface area (Å²) in [6.45, 7) is 0.737. The third-order valence-electron chi connectivity index (χ3n) is 0.920. The Morgan fingerprint density at radius 2 is 2.25 bits per heavy atom. The van der Waals surface area contributed by atoms with Crippen molar-refractivity contribution >= 4 is 11.8 Å². The van der Waals surface area contributed by atoms with Gasteiger partial charge in [0.05, 0.1) is 6.54 Å². The van der Waals surface area contributed by atoms with Crippen LogP contribution in [0.25, 0.3) is 0 Å². The van der Waals surface area contributed by atoms with Crippen molar-refractivity contribution in [1.82, 2.24) is 0 Å². The first-order valence-electron chi connectivity index (χ1n) is 2.84. The molecule has 0 bridgehead atoms. The lowest BCUT2D eigenvalue weighted by molar-refractivity contribution is -0.589. The van der Waals surface area contributed by atoms with E-state index in [-0.39, 0.29) is 0 Å². The van der Waals surface area contributed by atoms with E-state index in [0.29, 0.717) is 0 Å². The van der Waals surface area contributed by atoms with Gasteiger partial charge < -0.3 is 10.7 Å². The molecule has 0 aliphatic heterocycles. The van der Waals surface area contributed by atoms with E-state index in [9.17, 15) is 5.21 Å². The van der Waals surface area contributed by atoms with Gasteiger partial charge in [-0.1, -0.05) is 0 Å². The van der Waals surface area contributed by atoms with E-state index in [1.165, 1.54) is 12.2 Å². The van der Waals surface area contributed by atoms with Gasteiger partial charge in [0.1, 0.15) is 0 Å². The molecule has 0 aliphatic carbocycles. The van der Waals surface area contributed by atoms with Crippen LogP contribution in [0.2, 0.25) is 0 Å². The van der Waals surface area contributed by atoms with Gasteiger partial charge in [-0.05, 0) is 24.9 Å². The second-order valence-electron chi connectivity index (χ2n) is 1.66. The van der Waals surface area contributed by atoms with E-state index in [0.717, 1.165) is 18.4 Å². The lowest BCUT2D eigenvalue weighted by Gasteiger charge is -1.99. The molecule has 0 spiro atoms. The van der Waals surface area contributed by atoms with Crippen LogP contribution < -0.4 is 5.48 Å². The fourth-order valence-electron chi connectivity index (χ4n) is 0.474. The summed E-state index contributed by atoms with van der Waals surface area (Å²) in [4.78, 5) is 0. The zero-order chi connectivity index (χ0) is 6.24. The number of hydrogen-bond acceptors (Lipinski definition) is 2. The maximum Gasteiger partial charge on any atom is 0.0752 e. The standard InChI is InChI=1S/C5H13NOS/c1-8-5-3-2-4-6-7/h2-6H2,1H3. The minimum atomic E-state index is 0.737. The van der Waals surface area contributed by atoms with Gasteiger partial charge in [0, 0.05) is 0 Å². The molecule has 0 aromatic rings. The first kappa shape index (κ1) is 8.27. The Labute approximate surface area is 54.6 Å². The minimum absolute atomic E-state index is 0.737. The number of unbranched alkanes of at least 4 members (excludes halogenated alkanes) is 1. The smallest absolute Gasteiger partial charge is 0.0752 e. The van der Waals surface area contributed by atoms with Crippen LogP contribution in [0.3, 0.4) is 0 Å². The van der Waals surface area contributed by atoms with Gasteiger partial charge in [0.15, 0.2) is 0 Å². The van der Waals surface area contributed by atoms with Crippen molar-refractivity contribution < 1.29 is 5.48 Å². The maximum atomic E-state index is 9.76. The predicted molar refractivity (Wildman–Crippen MR) is 37.8 cm³/mol. The van der Waals surface area contributed by atoms with Crippen molar-refractivity contribution in [2.24, 2.45) is 0 Å². The van der Waals surface area contributed by atoms with Crippen molar-refractivity contribution in [3.05, 3.63) is 5.21 Å². The Bertz CT molecular complexity index is 37.4. The number of quaternary nitrogens is 1. The molecule has 50 valence electrons. The summed E-state index contributed by atoms with van der Waals surface area (Å²) in [6.07, 6.45) is 4.32. The summed E-state index contributed by atoms with van der Waals surface area (Å²) < 4.78 is 0. The van der Waals surface area contributed by atoms with Crippen molar-refractivity contribution in [1.29, 1.82) is 0 Å². The third kappa shape index (κ3) is 6.27. The van der Waals surface area contributed by atoms with Crippen LogP contribution in [-0.4, -0.2) is 18.6 Å². The fourth-order valence-corrected chi connectivity index (χ4v) is 0.967. The lowest BCUT2D eigenvalue weighted by atomic mass is 10.3. The molecule has 0 aromatic heterocycles. The summed E-state index contributed by atoms with van der Waals surface area (Å²) in [5.41, 5.74) is 0.986. The number of nitrogens with two attached hydrogens (primary N) is 1. The second kappa shape index (κ2) is 7.27. The largest absolute Gasteiger partial charge is 0.636 e. The van der Waals surface area contributed by atoms with Gasteiger partial charge in [0.25, 0.3) is 0 Å². The Morgan fingerprint density at radius 3 is 2.75 bits per heavy atom. The van der Waals surface area contributed by atoms with Crippen LogP contribution in [0.5, 0.6) is 0 Å². The highest BCUT2D eigenvalue weighted by atomic mass is 32.2. The van der Waals surface area contributed by atoms with Crippen molar-refractivity contribution in [3.8, 4) is 0 Å². The van der Waals surface area contributed by atoms with Crippen LogP contribution in [0.4, 0.5) is 0 Å². The monoisotopic (exact) mass is 135 g/mol. The Hall–Kier alpha value is 0.270. The topological polar surface area (TPSA) is 39.7 Å². The summed E-state index contributed by atoms with van der Waals surface area (Å²) in [7, 11) is 0. The number of rotatable bonds is 5. The summed E-state index contributed by atoms with van der Waals surface area (Å²) in [5.74, 6) is 1.19. The summed E-state index contributed by atoms with van der Waals surface area (Å²) in [6, 6.07) is 0. The molecule has 0 unspecified atom stereocenters. The molecule has 0 heterocycles. The minimum Gasteiger partial charge on any atom is -0.636 e. The highest BCUT2D eigenvalue weighted by Gasteiger charge is 1.83. The highest BCUT2D eigenvalue weighted by molar-refractivity contribution is 7.98. The van der Waals surface area contributed by atoms with Crippen molar-refractivity contribution in [2.75, 3.05) is 18.6 Å². The van der Waals surface area contributed by atoms with Gasteiger partial charge in [-0.2, -0.15) is 11.8 Å². The Balaban J connectivity index is 2.53. The Morgan fingerprint density at radius 1 is 1.50 bits per heavy atom. The third-order valence-corrected chi connectivity index (χ3v) is 1.62. The molecule has 8 heavy (non-hydrogen) atoms. The molecule has 0 amide bonds. The number of hydroxylamine groups is 1. The van der Waals surface area contributed by atoms with E-state index in [4.69, 9.17) is 0 Å². The second-order valence-corrected chi connectivity index (χ2v) is 2.64. The maximum absolute atomic E-state index is 9.76. The van der Waals surface area contributed by atoms with Crippen LogP contribution in [-0.2, 0) is 0 Å². The first-order chi connectivity index (χ1) is 3.91. The molecule has 0 saturated carbocycles. The molecule has 2 nitrogen and oxygen atoms in total. The molecule has 2 N–H and O–H groups in total. The molecular weight excluding hydrogens is 122 g/mol. The van der Waals surface area contributed by atoms with Crippen molar-refractivity contribution in [3.63, 3.8) is 0 Å². The van der Waals surface area contributed by atoms with Gasteiger partial charge in [0.2, 0.25) is 0 Å². The number of thioether (sulfide) groups is 1. The lowest BCUT2D eigenvalue weighted by Crippen LogP contribution is -2.77. The van der Waals surface area contributed by atoms with E-state index in [1.54, 1.807) is 0 Å². The van der Waals surface area contributed by atoms with Gasteiger partial charge >= 0.3 is 0 Å². The van der Waals surface area contributed by atoms with E-state index in [1.807, 2.05) is 11.8 Å². The summed E-state index contributed by atoms with van der Waals surface area (Å²) >= 11 is 1.84. The van der Waals surface area contributed by atoms with E-state index in [2.05, 4.69) is 6.26 Å². The molecule has 0 rings (SSSR count). The molecule has 0 aromatic carbocycles. The predicted octanol–water partition coefficient (Wildman–Crippen LogP) is 0.191. The molecule has 0 saturated heterocycles. The molecular formula is C5H13NOS. The van der Waals surface area contributed by atoms with Crippen LogP contribution in [0.15, 0.2) is 0 Å². The average Bonchev–Trinajstić information content (AvgIpc) is 1.81. The van der Waals surface area contributed by atoms with Crippen LogP contribution in [0, 0.1) is 5.21 Å². The van der Waals surface area contributed by atoms with E-state index < -0.39 is 0 Å². The van der Waals surface area contributed by atoms with Crippen molar-refractivity contribution in [2.45, 2.75) is 12.8 Å². The van der Waals surface area contributed by atoms with Gasteiger partial charge in [-0.3, -0.25) is 0 Å². The average molecular weight is 135 g/mol. The highest BCUT2D eigenvalue weighted by Crippen LogP contribution is 1.96. The normalized spacial score (nSPS) is 9.75. The fraction of sp³-hybridized carbons (Fsp3) is 1.00. The zero-order valence-corrected chi connectivity index (χ0v) is 6.04. The zero-order valence-electron chi connectivity index (χ0n) is 5.22. The molecule has 3 heteroatoms. The number of hydrogen-bond donors (Lipinski definition) is 1. The SMILES string of the molecule is CSCCCC[NH2+][O-]. The summed E-state index contributed by atoms with van der Waals surface area (Å²) in [5, 5.41) is 9.76. The van der Waals surface area contributed by atoms with Gasteiger partial charge in [-0.25, -0.2) is 0 Å². The quantitative estimate of drug-likeness (QED) is 0.432. The molecule has 0 fully saturated rings. The van der Waals surface area contributed by atoms with Crippen LogP contribution in [0.1, 0.15) is 12.8 Å². The van der Waals surface area contributed by atoms with E-state index >= 15 is 0 Å². The molecule has 0 aliphatic rings. The Kier molecular flexibility index (Phi) is 7.52. The molecule has 0 radical (unpaired) electrons. The van der Waals surface area contributed by atoms with Crippen LogP contribution >= 0.6 is 11.8 Å². The van der Waals surface area contributed by atoms with Gasteiger partial charge in [-0.15, -0.1) is 0 Å².